The maximum atomic E-state index is 12.1. The summed E-state index contributed by atoms with van der Waals surface area (Å²) in [5.74, 6) is 0.0189. The van der Waals surface area contributed by atoms with Crippen LogP contribution in [0.3, 0.4) is 0 Å². The minimum absolute atomic E-state index is 0.153. The Morgan fingerprint density at radius 1 is 1.11 bits per heavy atom. The van der Waals surface area contributed by atoms with Crippen molar-refractivity contribution in [3.05, 3.63) is 69.7 Å². The standard InChI is InChI=1S/C19H14N2O7/c22-18-7-4-12-2-5-14(11-17(12)27-18)25-8-1-9-26-19(23)13-3-6-16-15(10-13)20-28-21(16)24/h2-7,10-11H,1,8-9H2. The summed E-state index contributed by atoms with van der Waals surface area (Å²) in [7, 11) is 0. The summed E-state index contributed by atoms with van der Waals surface area (Å²) < 4.78 is 20.3. The van der Waals surface area contributed by atoms with Crippen LogP contribution in [0.4, 0.5) is 0 Å². The minimum atomic E-state index is -0.533. The van der Waals surface area contributed by atoms with Gasteiger partial charge in [-0.25, -0.2) is 9.59 Å². The highest BCUT2D eigenvalue weighted by atomic mass is 16.8. The predicted molar refractivity (Wildman–Crippen MR) is 95.8 cm³/mol. The van der Waals surface area contributed by atoms with Crippen LogP contribution in [-0.4, -0.2) is 24.3 Å². The highest BCUT2D eigenvalue weighted by Crippen LogP contribution is 2.19. The zero-order chi connectivity index (χ0) is 19.5. The van der Waals surface area contributed by atoms with Gasteiger partial charge < -0.3 is 19.1 Å². The molecule has 0 atom stereocenters. The number of benzene rings is 2. The number of hydrogen-bond donors (Lipinski definition) is 0. The quantitative estimate of drug-likeness (QED) is 0.215. The van der Waals surface area contributed by atoms with Crippen LogP contribution in [0.2, 0.25) is 0 Å². The Morgan fingerprint density at radius 2 is 1.96 bits per heavy atom. The van der Waals surface area contributed by atoms with Gasteiger partial charge in [-0.1, -0.05) is 0 Å². The molecular weight excluding hydrogens is 368 g/mol. The highest BCUT2D eigenvalue weighted by molar-refractivity contribution is 5.92. The Bertz CT molecular complexity index is 1210. The molecule has 0 aliphatic carbocycles. The molecule has 4 rings (SSSR count). The molecule has 9 heteroatoms. The van der Waals surface area contributed by atoms with Gasteiger partial charge >= 0.3 is 11.6 Å². The van der Waals surface area contributed by atoms with E-state index in [-0.39, 0.29) is 28.1 Å². The molecule has 0 N–H and O–H groups in total. The van der Waals surface area contributed by atoms with E-state index < -0.39 is 11.6 Å². The van der Waals surface area contributed by atoms with E-state index in [1.165, 1.54) is 24.3 Å². The first kappa shape index (κ1) is 17.5. The third-order valence-electron chi connectivity index (χ3n) is 4.01. The van der Waals surface area contributed by atoms with E-state index in [0.717, 1.165) is 5.39 Å². The number of hydrogen-bond acceptors (Lipinski definition) is 8. The van der Waals surface area contributed by atoms with Gasteiger partial charge in [0.25, 0.3) is 0 Å². The van der Waals surface area contributed by atoms with Gasteiger partial charge in [0.2, 0.25) is 11.0 Å². The zero-order valence-corrected chi connectivity index (χ0v) is 14.5. The third-order valence-corrected chi connectivity index (χ3v) is 4.01. The number of rotatable bonds is 6. The average molecular weight is 382 g/mol. The summed E-state index contributed by atoms with van der Waals surface area (Å²) in [6, 6.07) is 12.6. The van der Waals surface area contributed by atoms with E-state index in [4.69, 9.17) is 13.9 Å². The van der Waals surface area contributed by atoms with Gasteiger partial charge in [0.05, 0.1) is 18.8 Å². The van der Waals surface area contributed by atoms with Gasteiger partial charge in [0, 0.05) is 35.2 Å². The topological polar surface area (TPSA) is 119 Å². The Kier molecular flexibility index (Phi) is 4.63. The van der Waals surface area contributed by atoms with Crippen LogP contribution in [0, 0.1) is 5.21 Å². The van der Waals surface area contributed by atoms with Crippen LogP contribution in [0.1, 0.15) is 16.8 Å². The Labute approximate surface area is 157 Å². The molecular formula is C19H14N2O7. The van der Waals surface area contributed by atoms with Crippen LogP contribution >= 0.6 is 0 Å². The van der Waals surface area contributed by atoms with Crippen LogP contribution in [0.5, 0.6) is 5.75 Å². The van der Waals surface area contributed by atoms with Crippen molar-refractivity contribution in [2.24, 2.45) is 0 Å². The van der Waals surface area contributed by atoms with Crippen molar-refractivity contribution in [3.8, 4) is 5.75 Å². The van der Waals surface area contributed by atoms with Gasteiger partial charge in [-0.2, -0.15) is 0 Å². The van der Waals surface area contributed by atoms with E-state index >= 15 is 0 Å². The molecule has 0 fully saturated rings. The zero-order valence-electron chi connectivity index (χ0n) is 14.5. The van der Waals surface area contributed by atoms with E-state index in [1.54, 1.807) is 24.3 Å². The van der Waals surface area contributed by atoms with E-state index in [2.05, 4.69) is 9.79 Å². The molecule has 4 aromatic rings. The summed E-state index contributed by atoms with van der Waals surface area (Å²) in [4.78, 5) is 23.6. The van der Waals surface area contributed by atoms with Crippen molar-refractivity contribution in [2.45, 2.75) is 6.42 Å². The third kappa shape index (κ3) is 3.63. The minimum Gasteiger partial charge on any atom is -0.493 e. The lowest BCUT2D eigenvalue weighted by molar-refractivity contribution is -0.782. The number of fused-ring (bicyclic) bond motifs is 2. The van der Waals surface area contributed by atoms with Crippen molar-refractivity contribution >= 4 is 28.0 Å². The Hall–Kier alpha value is -3.88. The SMILES string of the molecule is O=C(OCCCOc1ccc2ccc(=O)oc2c1)c1ccc2c(c1)no[n+]2[O-]. The van der Waals surface area contributed by atoms with Gasteiger partial charge in [0.15, 0.2) is 0 Å². The monoisotopic (exact) mass is 382 g/mol. The lowest BCUT2D eigenvalue weighted by Crippen LogP contribution is -2.22. The van der Waals surface area contributed by atoms with E-state index in [0.29, 0.717) is 24.4 Å². The summed E-state index contributed by atoms with van der Waals surface area (Å²) in [6.07, 6.45) is 0.468. The molecule has 2 aromatic carbocycles. The first-order valence-electron chi connectivity index (χ1n) is 8.43. The molecule has 2 heterocycles. The van der Waals surface area contributed by atoms with Crippen LogP contribution in [0.15, 0.2) is 62.4 Å². The van der Waals surface area contributed by atoms with Crippen LogP contribution in [0.25, 0.3) is 22.0 Å². The maximum Gasteiger partial charge on any atom is 0.338 e. The summed E-state index contributed by atoms with van der Waals surface area (Å²) in [5, 5.41) is 15.6. The van der Waals surface area contributed by atoms with Crippen molar-refractivity contribution in [1.82, 2.24) is 5.16 Å². The number of aromatic nitrogens is 2. The number of carbonyl (C=O) groups is 1. The molecule has 0 unspecified atom stereocenters. The van der Waals surface area contributed by atoms with Gasteiger partial charge in [-0.15, -0.1) is 0 Å². The van der Waals surface area contributed by atoms with Crippen molar-refractivity contribution in [2.75, 3.05) is 13.2 Å². The van der Waals surface area contributed by atoms with Crippen molar-refractivity contribution in [1.29, 1.82) is 0 Å². The molecule has 0 saturated heterocycles. The largest absolute Gasteiger partial charge is 0.493 e. The molecule has 28 heavy (non-hydrogen) atoms. The molecule has 0 aliphatic rings. The fraction of sp³-hybridized carbons (Fsp3) is 0.158. The number of esters is 1. The summed E-state index contributed by atoms with van der Waals surface area (Å²) in [6.45, 7) is 0.467. The lowest BCUT2D eigenvalue weighted by atomic mass is 10.2. The lowest BCUT2D eigenvalue weighted by Gasteiger charge is -2.07. The Balaban J connectivity index is 1.28. The van der Waals surface area contributed by atoms with E-state index in [9.17, 15) is 14.8 Å². The Morgan fingerprint density at radius 3 is 2.86 bits per heavy atom. The first-order chi connectivity index (χ1) is 13.6. The number of ether oxygens (including phenoxy) is 2. The maximum absolute atomic E-state index is 12.1. The number of carbonyl (C=O) groups excluding carboxylic acids is 1. The van der Waals surface area contributed by atoms with Gasteiger partial charge in [0.1, 0.15) is 11.3 Å². The van der Waals surface area contributed by atoms with E-state index in [1.807, 2.05) is 0 Å². The molecule has 142 valence electrons. The smallest absolute Gasteiger partial charge is 0.338 e. The summed E-state index contributed by atoms with van der Waals surface area (Å²) in [5.41, 5.74) is 0.795. The molecule has 9 nitrogen and oxygen atoms in total. The second-order valence-corrected chi connectivity index (χ2v) is 5.93. The molecule has 0 amide bonds. The van der Waals surface area contributed by atoms with Gasteiger partial charge in [-0.3, -0.25) is 4.63 Å². The fourth-order valence-corrected chi connectivity index (χ4v) is 2.63. The first-order valence-corrected chi connectivity index (χ1v) is 8.43. The number of nitrogens with zero attached hydrogens (tertiary/aromatic N) is 2. The average Bonchev–Trinajstić information content (AvgIpc) is 3.07. The second-order valence-electron chi connectivity index (χ2n) is 5.93. The molecule has 0 spiro atoms. The van der Waals surface area contributed by atoms with Crippen LogP contribution in [-0.2, 0) is 4.74 Å². The second kappa shape index (κ2) is 7.39. The summed E-state index contributed by atoms with van der Waals surface area (Å²) >= 11 is 0. The fourth-order valence-electron chi connectivity index (χ4n) is 2.63. The van der Waals surface area contributed by atoms with Crippen molar-refractivity contribution < 1.29 is 28.2 Å². The molecule has 0 saturated carbocycles. The molecule has 0 aliphatic heterocycles. The van der Waals surface area contributed by atoms with Gasteiger partial charge in [-0.05, 0) is 35.2 Å². The molecule has 2 aromatic heterocycles. The highest BCUT2D eigenvalue weighted by Gasteiger charge is 2.14. The van der Waals surface area contributed by atoms with Crippen LogP contribution < -0.4 is 15.3 Å². The predicted octanol–water partition coefficient (Wildman–Crippen LogP) is 2.19. The van der Waals surface area contributed by atoms with Crippen molar-refractivity contribution in [3.63, 3.8) is 0 Å². The normalized spacial score (nSPS) is 11.0. The molecule has 0 bridgehead atoms. The molecule has 0 radical (unpaired) electrons.